The minimum atomic E-state index is -0.183. The summed E-state index contributed by atoms with van der Waals surface area (Å²) in [6, 6.07) is 5.25. The van der Waals surface area contributed by atoms with Crippen LogP contribution in [0, 0.1) is 18.7 Å². The third-order valence-electron chi connectivity index (χ3n) is 4.45. The van der Waals surface area contributed by atoms with Crippen molar-refractivity contribution in [2.75, 3.05) is 39.5 Å². The van der Waals surface area contributed by atoms with Gasteiger partial charge in [-0.15, -0.1) is 0 Å². The van der Waals surface area contributed by atoms with Crippen molar-refractivity contribution in [3.05, 3.63) is 35.1 Å². The van der Waals surface area contributed by atoms with Crippen molar-refractivity contribution < 1.29 is 13.9 Å². The Bertz CT molecular complexity index is 560. The molecular weight excluding hydrogens is 333 g/mol. The van der Waals surface area contributed by atoms with E-state index in [9.17, 15) is 4.39 Å². The van der Waals surface area contributed by atoms with Crippen molar-refractivity contribution >= 4 is 5.96 Å². The Labute approximate surface area is 156 Å². The van der Waals surface area contributed by atoms with Gasteiger partial charge in [-0.1, -0.05) is 12.1 Å². The molecule has 1 fully saturated rings. The molecule has 1 aliphatic heterocycles. The van der Waals surface area contributed by atoms with E-state index in [1.165, 1.54) is 0 Å². The van der Waals surface area contributed by atoms with Gasteiger partial charge in [-0.3, -0.25) is 0 Å². The summed E-state index contributed by atoms with van der Waals surface area (Å²) in [5, 5.41) is 6.51. The lowest BCUT2D eigenvalue weighted by atomic mass is 10.0. The van der Waals surface area contributed by atoms with Crippen molar-refractivity contribution in [2.24, 2.45) is 10.9 Å². The number of aliphatic imine (C=N–C) groups is 1. The second-order valence-electron chi connectivity index (χ2n) is 6.69. The average molecular weight is 365 g/mol. The molecule has 6 heteroatoms. The van der Waals surface area contributed by atoms with Crippen LogP contribution in [0.25, 0.3) is 0 Å². The number of halogens is 1. The van der Waals surface area contributed by atoms with Crippen LogP contribution < -0.4 is 10.6 Å². The first-order valence-electron chi connectivity index (χ1n) is 9.61. The van der Waals surface area contributed by atoms with Gasteiger partial charge in [-0.25, -0.2) is 9.38 Å². The summed E-state index contributed by atoms with van der Waals surface area (Å²) < 4.78 is 24.7. The second kappa shape index (κ2) is 11.9. The maximum atomic E-state index is 13.6. The van der Waals surface area contributed by atoms with Crippen LogP contribution in [0.4, 0.5) is 4.39 Å². The first-order valence-corrected chi connectivity index (χ1v) is 9.61. The van der Waals surface area contributed by atoms with E-state index in [-0.39, 0.29) is 5.82 Å². The molecule has 146 valence electrons. The first kappa shape index (κ1) is 20.6. The van der Waals surface area contributed by atoms with Crippen LogP contribution in [0.15, 0.2) is 23.2 Å². The smallest absolute Gasteiger partial charge is 0.191 e. The van der Waals surface area contributed by atoms with Crippen LogP contribution in [-0.2, 0) is 16.0 Å². The lowest BCUT2D eigenvalue weighted by molar-refractivity contribution is 0.0203. The summed E-state index contributed by atoms with van der Waals surface area (Å²) >= 11 is 0. The Hall–Kier alpha value is -1.66. The number of guanidine groups is 1. The fourth-order valence-electron chi connectivity index (χ4n) is 2.79. The summed E-state index contributed by atoms with van der Waals surface area (Å²) in [4.78, 5) is 4.52. The summed E-state index contributed by atoms with van der Waals surface area (Å²) in [5.41, 5.74) is 1.52. The molecule has 2 rings (SSSR count). The Morgan fingerprint density at radius 3 is 2.85 bits per heavy atom. The number of hydrogen-bond acceptors (Lipinski definition) is 3. The van der Waals surface area contributed by atoms with Gasteiger partial charge in [0.25, 0.3) is 0 Å². The molecule has 1 aromatic carbocycles. The fraction of sp³-hybridized carbons (Fsp3) is 0.650. The largest absolute Gasteiger partial charge is 0.381 e. The molecule has 0 aromatic heterocycles. The number of nitrogens with one attached hydrogen (secondary N) is 2. The van der Waals surface area contributed by atoms with E-state index < -0.39 is 0 Å². The molecule has 0 saturated carbocycles. The van der Waals surface area contributed by atoms with E-state index in [0.717, 1.165) is 70.3 Å². The van der Waals surface area contributed by atoms with Crippen molar-refractivity contribution in [2.45, 2.75) is 39.7 Å². The number of benzene rings is 1. The Balaban J connectivity index is 1.65. The van der Waals surface area contributed by atoms with Crippen molar-refractivity contribution in [3.63, 3.8) is 0 Å². The molecule has 0 radical (unpaired) electrons. The number of aryl methyl sites for hydroxylation is 1. The molecule has 1 aromatic rings. The standard InChI is InChI=1S/C20H32FN3O2/c1-3-22-20(24-14-18-6-5-16(2)19(21)13-18)23-9-4-10-26-15-17-7-11-25-12-8-17/h5-6,13,17H,3-4,7-12,14-15H2,1-2H3,(H2,22,23,24). The van der Waals surface area contributed by atoms with Crippen molar-refractivity contribution in [1.29, 1.82) is 0 Å². The van der Waals surface area contributed by atoms with E-state index >= 15 is 0 Å². The number of nitrogens with zero attached hydrogens (tertiary/aromatic N) is 1. The van der Waals surface area contributed by atoms with Gasteiger partial charge in [-0.2, -0.15) is 0 Å². The zero-order valence-electron chi connectivity index (χ0n) is 16.0. The lowest BCUT2D eigenvalue weighted by Gasteiger charge is -2.21. The second-order valence-corrected chi connectivity index (χ2v) is 6.69. The highest BCUT2D eigenvalue weighted by molar-refractivity contribution is 5.79. The number of ether oxygens (including phenoxy) is 2. The van der Waals surface area contributed by atoms with Gasteiger partial charge in [0, 0.05) is 39.5 Å². The lowest BCUT2D eigenvalue weighted by Crippen LogP contribution is -2.38. The molecule has 1 heterocycles. The normalized spacial score (nSPS) is 15.9. The third kappa shape index (κ3) is 7.70. The topological polar surface area (TPSA) is 54.9 Å². The van der Waals surface area contributed by atoms with E-state index in [1.54, 1.807) is 19.1 Å². The van der Waals surface area contributed by atoms with Gasteiger partial charge in [-0.05, 0) is 56.2 Å². The van der Waals surface area contributed by atoms with E-state index in [4.69, 9.17) is 9.47 Å². The molecule has 5 nitrogen and oxygen atoms in total. The predicted molar refractivity (Wildman–Crippen MR) is 103 cm³/mol. The molecule has 0 aliphatic carbocycles. The Morgan fingerprint density at radius 1 is 1.31 bits per heavy atom. The molecule has 2 N–H and O–H groups in total. The summed E-state index contributed by atoms with van der Waals surface area (Å²) in [5.74, 6) is 1.21. The molecule has 0 unspecified atom stereocenters. The number of rotatable bonds is 9. The fourth-order valence-corrected chi connectivity index (χ4v) is 2.79. The zero-order valence-corrected chi connectivity index (χ0v) is 16.0. The third-order valence-corrected chi connectivity index (χ3v) is 4.45. The van der Waals surface area contributed by atoms with Crippen LogP contribution in [-0.4, -0.2) is 45.5 Å². The Morgan fingerprint density at radius 2 is 2.12 bits per heavy atom. The van der Waals surface area contributed by atoms with Crippen LogP contribution in [0.5, 0.6) is 0 Å². The molecule has 0 atom stereocenters. The van der Waals surface area contributed by atoms with Crippen LogP contribution in [0.1, 0.15) is 37.3 Å². The molecule has 1 saturated heterocycles. The minimum Gasteiger partial charge on any atom is -0.381 e. The van der Waals surface area contributed by atoms with E-state index in [1.807, 2.05) is 13.0 Å². The van der Waals surface area contributed by atoms with Crippen LogP contribution in [0.3, 0.4) is 0 Å². The van der Waals surface area contributed by atoms with E-state index in [2.05, 4.69) is 15.6 Å². The SMILES string of the molecule is CCNC(=NCc1ccc(C)c(F)c1)NCCCOCC1CCOCC1. The molecule has 0 amide bonds. The van der Waals surface area contributed by atoms with Gasteiger partial charge < -0.3 is 20.1 Å². The van der Waals surface area contributed by atoms with Gasteiger partial charge in [0.05, 0.1) is 6.54 Å². The predicted octanol–water partition coefficient (Wildman–Crippen LogP) is 3.02. The monoisotopic (exact) mass is 365 g/mol. The molecule has 1 aliphatic rings. The van der Waals surface area contributed by atoms with E-state index in [0.29, 0.717) is 18.0 Å². The zero-order chi connectivity index (χ0) is 18.6. The highest BCUT2D eigenvalue weighted by Gasteiger charge is 2.13. The van der Waals surface area contributed by atoms with Crippen LogP contribution in [0.2, 0.25) is 0 Å². The molecule has 0 spiro atoms. The number of hydrogen-bond donors (Lipinski definition) is 2. The van der Waals surface area contributed by atoms with Gasteiger partial charge in [0.15, 0.2) is 5.96 Å². The molecular formula is C20H32FN3O2. The van der Waals surface area contributed by atoms with Crippen LogP contribution >= 0.6 is 0 Å². The Kier molecular flexibility index (Phi) is 9.42. The minimum absolute atomic E-state index is 0.183. The summed E-state index contributed by atoms with van der Waals surface area (Å²) in [6.45, 7) is 9.12. The molecule has 0 bridgehead atoms. The molecule has 26 heavy (non-hydrogen) atoms. The average Bonchev–Trinajstić information content (AvgIpc) is 2.66. The quantitative estimate of drug-likeness (QED) is 0.401. The summed E-state index contributed by atoms with van der Waals surface area (Å²) in [6.07, 6.45) is 3.14. The van der Waals surface area contributed by atoms with Gasteiger partial charge >= 0.3 is 0 Å². The van der Waals surface area contributed by atoms with Gasteiger partial charge in [0.1, 0.15) is 5.82 Å². The summed E-state index contributed by atoms with van der Waals surface area (Å²) in [7, 11) is 0. The van der Waals surface area contributed by atoms with Crippen molar-refractivity contribution in [1.82, 2.24) is 10.6 Å². The maximum Gasteiger partial charge on any atom is 0.191 e. The highest BCUT2D eigenvalue weighted by atomic mass is 19.1. The highest BCUT2D eigenvalue weighted by Crippen LogP contribution is 2.14. The first-order chi connectivity index (χ1) is 12.7. The maximum absolute atomic E-state index is 13.6. The van der Waals surface area contributed by atoms with Gasteiger partial charge in [0.2, 0.25) is 0 Å². The van der Waals surface area contributed by atoms with Crippen molar-refractivity contribution in [3.8, 4) is 0 Å².